The molecule has 0 saturated carbocycles. The number of anilines is 1. The Labute approximate surface area is 133 Å². The molecule has 0 amide bonds. The van der Waals surface area contributed by atoms with E-state index in [0.29, 0.717) is 25.4 Å². The third-order valence-electron chi connectivity index (χ3n) is 2.17. The molecule has 1 rings (SSSR count). The van der Waals surface area contributed by atoms with Gasteiger partial charge in [-0.3, -0.25) is 4.72 Å². The molecule has 1 aromatic rings. The van der Waals surface area contributed by atoms with Crippen molar-refractivity contribution in [3.05, 3.63) is 29.8 Å². The summed E-state index contributed by atoms with van der Waals surface area (Å²) in [5.74, 6) is 0. The molecular formula is C13H24N2O5S2. The van der Waals surface area contributed by atoms with Crippen LogP contribution >= 0.6 is 0 Å². The van der Waals surface area contributed by atoms with E-state index < -0.39 is 20.0 Å². The lowest BCUT2D eigenvalue weighted by Crippen LogP contribution is -2.25. The number of rotatable bonds is 7. The van der Waals surface area contributed by atoms with Crippen LogP contribution in [0.1, 0.15) is 12.5 Å². The molecular weight excluding hydrogens is 328 g/mol. The molecule has 0 bridgehead atoms. The highest BCUT2D eigenvalue weighted by Crippen LogP contribution is 2.09. The smallest absolute Gasteiger partial charge is 0.229 e. The van der Waals surface area contributed by atoms with Crippen molar-refractivity contribution in [3.63, 3.8) is 0 Å². The van der Waals surface area contributed by atoms with Crippen molar-refractivity contribution in [2.24, 2.45) is 0 Å². The van der Waals surface area contributed by atoms with Crippen molar-refractivity contribution in [1.82, 2.24) is 4.72 Å². The van der Waals surface area contributed by atoms with Crippen LogP contribution in [0.25, 0.3) is 0 Å². The highest BCUT2D eigenvalue weighted by Gasteiger charge is 1.99. The first-order valence-electron chi connectivity index (χ1n) is 6.60. The molecule has 0 spiro atoms. The maximum absolute atomic E-state index is 10.8. The Kier molecular flexibility index (Phi) is 9.26. The van der Waals surface area contributed by atoms with Gasteiger partial charge in [-0.05, 0) is 26.0 Å². The molecule has 0 aliphatic heterocycles. The Bertz CT molecular complexity index is 625. The van der Waals surface area contributed by atoms with Crippen molar-refractivity contribution in [2.45, 2.75) is 13.8 Å². The molecule has 0 saturated heterocycles. The Morgan fingerprint density at radius 3 is 1.95 bits per heavy atom. The lowest BCUT2D eigenvalue weighted by Gasteiger charge is -2.02. The van der Waals surface area contributed by atoms with Crippen LogP contribution in [-0.4, -0.2) is 49.1 Å². The molecule has 0 aliphatic carbocycles. The third kappa shape index (κ3) is 13.8. The second-order valence-corrected chi connectivity index (χ2v) is 8.19. The van der Waals surface area contributed by atoms with Gasteiger partial charge in [0.25, 0.3) is 0 Å². The largest absolute Gasteiger partial charge is 0.380 e. The number of ether oxygens (including phenoxy) is 1. The quantitative estimate of drug-likeness (QED) is 0.711. The number of nitrogens with one attached hydrogen (secondary N) is 2. The van der Waals surface area contributed by atoms with Crippen LogP contribution in [0.3, 0.4) is 0 Å². The van der Waals surface area contributed by atoms with Gasteiger partial charge in [-0.1, -0.05) is 17.7 Å². The summed E-state index contributed by atoms with van der Waals surface area (Å²) in [7, 11) is -6.17. The van der Waals surface area contributed by atoms with Crippen molar-refractivity contribution in [2.75, 3.05) is 37.0 Å². The summed E-state index contributed by atoms with van der Waals surface area (Å²) in [6.07, 6.45) is 2.26. The average Bonchev–Trinajstić information content (AvgIpc) is 2.36. The summed E-state index contributed by atoms with van der Waals surface area (Å²) < 4.78 is 52.0. The second kappa shape index (κ2) is 9.78. The first-order chi connectivity index (χ1) is 10.0. The molecule has 0 aromatic heterocycles. The molecule has 0 aliphatic rings. The van der Waals surface area contributed by atoms with E-state index in [9.17, 15) is 16.8 Å². The highest BCUT2D eigenvalue weighted by atomic mass is 32.2. The van der Waals surface area contributed by atoms with Crippen LogP contribution in [0.2, 0.25) is 0 Å². The minimum absolute atomic E-state index is 0.354. The average molecular weight is 352 g/mol. The molecule has 0 radical (unpaired) electrons. The normalized spacial score (nSPS) is 11.5. The molecule has 7 nitrogen and oxygen atoms in total. The summed E-state index contributed by atoms with van der Waals surface area (Å²) in [6, 6.07) is 7.17. The van der Waals surface area contributed by atoms with Crippen LogP contribution in [0.4, 0.5) is 5.69 Å². The molecule has 1 aromatic carbocycles. The number of benzene rings is 1. The van der Waals surface area contributed by atoms with E-state index in [2.05, 4.69) is 9.44 Å². The zero-order chi connectivity index (χ0) is 17.2. The number of hydrogen-bond donors (Lipinski definition) is 2. The molecule has 22 heavy (non-hydrogen) atoms. The van der Waals surface area contributed by atoms with Crippen LogP contribution in [0.15, 0.2) is 24.3 Å². The summed E-state index contributed by atoms with van der Waals surface area (Å²) in [5.41, 5.74) is 1.71. The maximum atomic E-state index is 10.8. The van der Waals surface area contributed by atoms with E-state index in [1.165, 1.54) is 0 Å². The molecule has 0 unspecified atom stereocenters. The van der Waals surface area contributed by atoms with E-state index >= 15 is 0 Å². The van der Waals surface area contributed by atoms with Crippen molar-refractivity contribution in [1.29, 1.82) is 0 Å². The molecule has 128 valence electrons. The Morgan fingerprint density at radius 1 is 1.00 bits per heavy atom. The summed E-state index contributed by atoms with van der Waals surface area (Å²) in [6.45, 7) is 5.21. The first kappa shape index (κ1) is 20.8. The van der Waals surface area contributed by atoms with E-state index in [0.717, 1.165) is 18.1 Å². The van der Waals surface area contributed by atoms with Crippen LogP contribution in [0.5, 0.6) is 0 Å². The predicted octanol–water partition coefficient (Wildman–Crippen LogP) is 0.939. The van der Waals surface area contributed by atoms with Gasteiger partial charge in [0.05, 0.1) is 19.1 Å². The van der Waals surface area contributed by atoms with Crippen molar-refractivity contribution < 1.29 is 21.6 Å². The fraction of sp³-hybridized carbons (Fsp3) is 0.538. The number of hydrogen-bond acceptors (Lipinski definition) is 5. The van der Waals surface area contributed by atoms with Crippen LogP contribution in [0, 0.1) is 6.92 Å². The lowest BCUT2D eigenvalue weighted by molar-refractivity contribution is 0.153. The zero-order valence-electron chi connectivity index (χ0n) is 13.3. The van der Waals surface area contributed by atoms with Gasteiger partial charge >= 0.3 is 0 Å². The fourth-order valence-corrected chi connectivity index (χ4v) is 2.30. The van der Waals surface area contributed by atoms with E-state index in [-0.39, 0.29) is 0 Å². The second-order valence-electron chi connectivity index (χ2n) is 4.60. The topological polar surface area (TPSA) is 102 Å². The van der Waals surface area contributed by atoms with Gasteiger partial charge in [0, 0.05) is 18.8 Å². The van der Waals surface area contributed by atoms with Gasteiger partial charge in [0.1, 0.15) is 0 Å². The van der Waals surface area contributed by atoms with Gasteiger partial charge in [0.15, 0.2) is 0 Å². The van der Waals surface area contributed by atoms with Crippen molar-refractivity contribution in [3.8, 4) is 0 Å². The van der Waals surface area contributed by atoms with Gasteiger partial charge in [-0.25, -0.2) is 21.6 Å². The van der Waals surface area contributed by atoms with E-state index in [1.807, 2.05) is 26.0 Å². The third-order valence-corrected chi connectivity index (χ3v) is 3.50. The summed E-state index contributed by atoms with van der Waals surface area (Å²) >= 11 is 0. The monoisotopic (exact) mass is 352 g/mol. The highest BCUT2D eigenvalue weighted by molar-refractivity contribution is 7.92. The maximum Gasteiger partial charge on any atom is 0.229 e. The molecule has 0 heterocycles. The Morgan fingerprint density at radius 2 is 1.55 bits per heavy atom. The molecule has 2 N–H and O–H groups in total. The minimum Gasteiger partial charge on any atom is -0.380 e. The Balaban J connectivity index is 0.000000409. The zero-order valence-corrected chi connectivity index (χ0v) is 14.9. The Hall–Kier alpha value is -1.16. The standard InChI is InChI=1S/C8H11NO2S.C5H13NO3S/c1-7-3-5-8(6-4-7)9-12(2,10)11;1-3-9-5-4-6-10(2,7)8/h3-6,9H,1-2H3;6H,3-5H2,1-2H3. The number of sulfonamides is 2. The van der Waals surface area contributed by atoms with E-state index in [1.54, 1.807) is 12.1 Å². The lowest BCUT2D eigenvalue weighted by atomic mass is 10.2. The van der Waals surface area contributed by atoms with Gasteiger partial charge in [-0.15, -0.1) is 0 Å². The van der Waals surface area contributed by atoms with Crippen molar-refractivity contribution >= 4 is 25.7 Å². The minimum atomic E-state index is -3.14. The number of aryl methyl sites for hydroxylation is 1. The first-order valence-corrected chi connectivity index (χ1v) is 10.4. The molecule has 0 fully saturated rings. The van der Waals surface area contributed by atoms with Crippen LogP contribution in [-0.2, 0) is 24.8 Å². The summed E-state index contributed by atoms with van der Waals surface area (Å²) in [5, 5.41) is 0. The van der Waals surface area contributed by atoms with Gasteiger partial charge in [0.2, 0.25) is 20.0 Å². The fourth-order valence-electron chi connectivity index (χ4n) is 1.28. The molecule has 0 atom stereocenters. The van der Waals surface area contributed by atoms with Crippen LogP contribution < -0.4 is 9.44 Å². The SMILES string of the molecule is CCOCCNS(C)(=O)=O.Cc1ccc(NS(C)(=O)=O)cc1. The van der Waals surface area contributed by atoms with E-state index in [4.69, 9.17) is 4.74 Å². The predicted molar refractivity (Wildman–Crippen MR) is 89.0 cm³/mol. The summed E-state index contributed by atoms with van der Waals surface area (Å²) in [4.78, 5) is 0. The van der Waals surface area contributed by atoms with Gasteiger partial charge in [-0.2, -0.15) is 0 Å². The van der Waals surface area contributed by atoms with Gasteiger partial charge < -0.3 is 4.74 Å². The molecule has 9 heteroatoms.